The first-order valence-corrected chi connectivity index (χ1v) is 18.9. The fourth-order valence-corrected chi connectivity index (χ4v) is 9.51. The Labute approximate surface area is 315 Å². The normalized spacial score (nSPS) is 14.8. The van der Waals surface area contributed by atoms with Crippen LogP contribution in [0.25, 0.3) is 87.6 Å². The fraction of sp³-hybridized carbons (Fsp3) is 0.0370. The summed E-state index contributed by atoms with van der Waals surface area (Å²) in [6.07, 6.45) is 0. The van der Waals surface area contributed by atoms with Crippen molar-refractivity contribution in [2.75, 3.05) is 0 Å². The van der Waals surface area contributed by atoms with E-state index < -0.39 is 0 Å². The standard InChI is InChI=1S/C54H36/c1-54(42-20-6-3-7-21-42)49-26-13-12-23-44(49)48-33-39-28-27-38(32-41(39)34-50(48)54)37-18-14-19-40(31-37)51-45-24-10-11-25-46(45)52(36-16-4-2-5-17-36)53-43-22-9-8-15-35(43)29-30-47(51)53/h2-34H,1H3. The molecule has 0 heterocycles. The van der Waals surface area contributed by atoms with E-state index in [1.165, 1.54) is 104 Å². The summed E-state index contributed by atoms with van der Waals surface area (Å²) in [7, 11) is 0. The van der Waals surface area contributed by atoms with Gasteiger partial charge in [-0.05, 0) is 135 Å². The van der Waals surface area contributed by atoms with Gasteiger partial charge in [0, 0.05) is 5.41 Å². The van der Waals surface area contributed by atoms with Crippen LogP contribution in [0.4, 0.5) is 0 Å². The molecule has 0 bridgehead atoms. The molecule has 0 saturated heterocycles. The minimum absolute atomic E-state index is 0.227. The van der Waals surface area contributed by atoms with Gasteiger partial charge in [0.2, 0.25) is 0 Å². The first-order valence-electron chi connectivity index (χ1n) is 18.9. The highest BCUT2D eigenvalue weighted by Crippen LogP contribution is 2.53. The second-order valence-corrected chi connectivity index (χ2v) is 14.9. The van der Waals surface area contributed by atoms with Crippen molar-refractivity contribution in [3.63, 3.8) is 0 Å². The minimum atomic E-state index is -0.227. The van der Waals surface area contributed by atoms with Gasteiger partial charge in [0.25, 0.3) is 0 Å². The highest BCUT2D eigenvalue weighted by molar-refractivity contribution is 6.28. The Balaban J connectivity index is 1.12. The maximum Gasteiger partial charge on any atom is 0.0435 e. The molecule has 54 heavy (non-hydrogen) atoms. The number of benzene rings is 10. The van der Waals surface area contributed by atoms with Crippen molar-refractivity contribution in [1.29, 1.82) is 0 Å². The molecule has 0 heteroatoms. The average Bonchev–Trinajstić information content (AvgIpc) is 3.49. The van der Waals surface area contributed by atoms with E-state index in [9.17, 15) is 0 Å². The molecule has 0 aromatic heterocycles. The molecule has 1 aliphatic rings. The van der Waals surface area contributed by atoms with Gasteiger partial charge in [-0.2, -0.15) is 0 Å². The Morgan fingerprint density at radius 1 is 0.315 bits per heavy atom. The molecular weight excluding hydrogens is 649 g/mol. The van der Waals surface area contributed by atoms with E-state index in [1.54, 1.807) is 0 Å². The largest absolute Gasteiger partial charge is 0.0622 e. The molecule has 0 radical (unpaired) electrons. The molecule has 0 spiro atoms. The van der Waals surface area contributed by atoms with Crippen molar-refractivity contribution < 1.29 is 0 Å². The Morgan fingerprint density at radius 2 is 0.944 bits per heavy atom. The van der Waals surface area contributed by atoms with Crippen LogP contribution < -0.4 is 0 Å². The SMILES string of the molecule is CC1(c2ccccc2)c2ccccc2-c2cc3ccc(-c4cccc(-c5c6ccccc6c(-c6ccccc6)c6c5ccc5ccccc56)c4)cc3cc21. The molecule has 0 aliphatic heterocycles. The quantitative estimate of drug-likeness (QED) is 0.128. The minimum Gasteiger partial charge on any atom is -0.0622 e. The van der Waals surface area contributed by atoms with Crippen molar-refractivity contribution in [1.82, 2.24) is 0 Å². The molecule has 0 amide bonds. The van der Waals surface area contributed by atoms with Gasteiger partial charge in [-0.25, -0.2) is 0 Å². The van der Waals surface area contributed by atoms with E-state index in [1.807, 2.05) is 0 Å². The van der Waals surface area contributed by atoms with E-state index in [0.717, 1.165) is 0 Å². The summed E-state index contributed by atoms with van der Waals surface area (Å²) in [5.41, 5.74) is 14.0. The monoisotopic (exact) mass is 684 g/mol. The third-order valence-corrected chi connectivity index (χ3v) is 12.1. The van der Waals surface area contributed by atoms with Crippen LogP contribution in [-0.4, -0.2) is 0 Å². The lowest BCUT2D eigenvalue weighted by molar-refractivity contribution is 0.715. The summed E-state index contributed by atoms with van der Waals surface area (Å²) in [4.78, 5) is 0. The Morgan fingerprint density at radius 3 is 1.78 bits per heavy atom. The van der Waals surface area contributed by atoms with Gasteiger partial charge < -0.3 is 0 Å². The van der Waals surface area contributed by atoms with E-state index in [2.05, 4.69) is 207 Å². The molecule has 1 aliphatic carbocycles. The summed E-state index contributed by atoms with van der Waals surface area (Å²) in [6, 6.07) is 74.3. The summed E-state index contributed by atoms with van der Waals surface area (Å²) in [5, 5.41) is 10.2. The Bertz CT molecular complexity index is 3100. The average molecular weight is 685 g/mol. The van der Waals surface area contributed by atoms with Crippen molar-refractivity contribution in [2.24, 2.45) is 0 Å². The lowest BCUT2D eigenvalue weighted by Crippen LogP contribution is -2.22. The van der Waals surface area contributed by atoms with Crippen molar-refractivity contribution in [3.8, 4) is 44.5 Å². The van der Waals surface area contributed by atoms with Gasteiger partial charge in [-0.3, -0.25) is 0 Å². The first-order chi connectivity index (χ1) is 26.7. The Hall–Kier alpha value is -6.76. The molecule has 0 saturated carbocycles. The number of hydrogen-bond acceptors (Lipinski definition) is 0. The van der Waals surface area contributed by atoms with Crippen LogP contribution in [0.5, 0.6) is 0 Å². The molecule has 10 aromatic carbocycles. The van der Waals surface area contributed by atoms with Gasteiger partial charge in [-0.1, -0.05) is 176 Å². The van der Waals surface area contributed by atoms with Crippen molar-refractivity contribution in [2.45, 2.75) is 12.3 Å². The molecule has 10 aromatic rings. The lowest BCUT2D eigenvalue weighted by atomic mass is 9.74. The van der Waals surface area contributed by atoms with E-state index in [0.29, 0.717) is 0 Å². The molecule has 1 atom stereocenters. The topological polar surface area (TPSA) is 0 Å². The third kappa shape index (κ3) is 4.50. The summed E-state index contributed by atoms with van der Waals surface area (Å²) < 4.78 is 0. The summed E-state index contributed by atoms with van der Waals surface area (Å²) in [6.45, 7) is 2.40. The van der Waals surface area contributed by atoms with E-state index >= 15 is 0 Å². The first kappa shape index (κ1) is 30.8. The summed E-state index contributed by atoms with van der Waals surface area (Å²) >= 11 is 0. The highest BCUT2D eigenvalue weighted by Gasteiger charge is 2.40. The van der Waals surface area contributed by atoms with Crippen molar-refractivity contribution >= 4 is 43.1 Å². The maximum absolute atomic E-state index is 2.46. The molecule has 0 fully saturated rings. The van der Waals surface area contributed by atoms with Crippen LogP contribution in [0.1, 0.15) is 23.6 Å². The zero-order valence-electron chi connectivity index (χ0n) is 30.1. The highest BCUT2D eigenvalue weighted by atomic mass is 14.4. The molecule has 0 N–H and O–H groups in total. The van der Waals surface area contributed by atoms with Crippen molar-refractivity contribution in [3.05, 3.63) is 217 Å². The van der Waals surface area contributed by atoms with Gasteiger partial charge in [0.05, 0.1) is 0 Å². The third-order valence-electron chi connectivity index (χ3n) is 12.1. The zero-order valence-corrected chi connectivity index (χ0v) is 30.1. The molecule has 252 valence electrons. The van der Waals surface area contributed by atoms with E-state index in [-0.39, 0.29) is 5.41 Å². The van der Waals surface area contributed by atoms with Gasteiger partial charge >= 0.3 is 0 Å². The van der Waals surface area contributed by atoms with Crippen LogP contribution in [0.3, 0.4) is 0 Å². The van der Waals surface area contributed by atoms with E-state index in [4.69, 9.17) is 0 Å². The zero-order chi connectivity index (χ0) is 35.8. The van der Waals surface area contributed by atoms with Crippen LogP contribution >= 0.6 is 0 Å². The number of fused-ring (bicyclic) bond motifs is 8. The van der Waals surface area contributed by atoms with Crippen LogP contribution in [0.2, 0.25) is 0 Å². The fourth-order valence-electron chi connectivity index (χ4n) is 9.51. The molecule has 1 unspecified atom stereocenters. The second-order valence-electron chi connectivity index (χ2n) is 14.9. The van der Waals surface area contributed by atoms with Gasteiger partial charge in [0.15, 0.2) is 0 Å². The number of rotatable bonds is 4. The smallest absolute Gasteiger partial charge is 0.0435 e. The Kier molecular flexibility index (Phi) is 6.78. The van der Waals surface area contributed by atoms with Crippen LogP contribution in [0, 0.1) is 0 Å². The van der Waals surface area contributed by atoms with Gasteiger partial charge in [-0.15, -0.1) is 0 Å². The lowest BCUT2D eigenvalue weighted by Gasteiger charge is -2.28. The predicted octanol–water partition coefficient (Wildman–Crippen LogP) is 14.6. The molecule has 11 rings (SSSR count). The second kappa shape index (κ2) is 11.9. The summed E-state index contributed by atoms with van der Waals surface area (Å²) in [5.74, 6) is 0. The predicted molar refractivity (Wildman–Crippen MR) is 230 cm³/mol. The maximum atomic E-state index is 2.46. The molecule has 0 nitrogen and oxygen atoms in total. The van der Waals surface area contributed by atoms with Crippen LogP contribution in [0.15, 0.2) is 200 Å². The van der Waals surface area contributed by atoms with Gasteiger partial charge in [0.1, 0.15) is 0 Å². The molecular formula is C54H36. The van der Waals surface area contributed by atoms with Crippen LogP contribution in [-0.2, 0) is 5.41 Å². The number of hydrogen-bond donors (Lipinski definition) is 0.